The highest BCUT2D eigenvalue weighted by atomic mass is 15.1. The molecule has 72 valence electrons. The lowest BCUT2D eigenvalue weighted by Crippen LogP contribution is -2.31. The Labute approximate surface area is 78.1 Å². The molecule has 0 saturated carbocycles. The van der Waals surface area contributed by atoms with Crippen molar-refractivity contribution in [1.29, 1.82) is 0 Å². The van der Waals surface area contributed by atoms with Crippen molar-refractivity contribution in [3.63, 3.8) is 0 Å². The number of piperidine rings is 1. The van der Waals surface area contributed by atoms with E-state index in [2.05, 4.69) is 14.9 Å². The topological polar surface area (TPSA) is 55.9 Å². The minimum absolute atomic E-state index is 0.615. The van der Waals surface area contributed by atoms with Crippen LogP contribution in [0.5, 0.6) is 0 Å². The minimum Gasteiger partial charge on any atom is -0.382 e. The van der Waals surface area contributed by atoms with Gasteiger partial charge in [-0.1, -0.05) is 0 Å². The molecule has 0 spiro atoms. The number of hydrogen-bond donors (Lipinski definition) is 2. The van der Waals surface area contributed by atoms with Crippen LogP contribution in [0.25, 0.3) is 0 Å². The molecule has 2 heterocycles. The molecule has 1 aliphatic heterocycles. The first-order valence-electron chi connectivity index (χ1n) is 4.82. The van der Waals surface area contributed by atoms with E-state index in [4.69, 9.17) is 5.73 Å². The lowest BCUT2D eigenvalue weighted by atomic mass is 10.00. The molecule has 3 N–H and O–H groups in total. The van der Waals surface area contributed by atoms with Crippen LogP contribution in [0.15, 0.2) is 12.5 Å². The summed E-state index contributed by atoms with van der Waals surface area (Å²) >= 11 is 0. The summed E-state index contributed by atoms with van der Waals surface area (Å²) in [6.45, 7) is 3.33. The number of nitrogens with zero attached hydrogens (tertiary/aromatic N) is 2. The second-order valence-electron chi connectivity index (χ2n) is 3.71. The molecule has 1 aliphatic rings. The van der Waals surface area contributed by atoms with Crippen molar-refractivity contribution in [3.8, 4) is 0 Å². The van der Waals surface area contributed by atoms with Crippen molar-refractivity contribution in [3.05, 3.63) is 12.5 Å². The van der Waals surface area contributed by atoms with E-state index < -0.39 is 0 Å². The molecule has 4 heteroatoms. The molecule has 1 aromatic heterocycles. The van der Waals surface area contributed by atoms with Gasteiger partial charge in [-0.15, -0.1) is 0 Å². The van der Waals surface area contributed by atoms with Gasteiger partial charge in [0.25, 0.3) is 0 Å². The highest BCUT2D eigenvalue weighted by Gasteiger charge is 2.12. The van der Waals surface area contributed by atoms with Gasteiger partial charge in [-0.25, -0.2) is 4.98 Å². The Balaban J connectivity index is 1.89. The van der Waals surface area contributed by atoms with Crippen LogP contribution in [-0.4, -0.2) is 22.6 Å². The van der Waals surface area contributed by atoms with E-state index in [1.807, 2.05) is 12.5 Å². The summed E-state index contributed by atoms with van der Waals surface area (Å²) in [5.41, 5.74) is 5.54. The van der Waals surface area contributed by atoms with Gasteiger partial charge in [0.05, 0.1) is 6.33 Å². The highest BCUT2D eigenvalue weighted by Crippen LogP contribution is 2.12. The van der Waals surface area contributed by atoms with Gasteiger partial charge in [-0.2, -0.15) is 0 Å². The Morgan fingerprint density at radius 1 is 1.69 bits per heavy atom. The molecule has 2 rings (SSSR count). The smallest absolute Gasteiger partial charge is 0.141 e. The van der Waals surface area contributed by atoms with E-state index in [0.29, 0.717) is 5.82 Å². The van der Waals surface area contributed by atoms with Crippen molar-refractivity contribution in [2.75, 3.05) is 18.8 Å². The molecule has 1 saturated heterocycles. The third kappa shape index (κ3) is 2.21. The van der Waals surface area contributed by atoms with Gasteiger partial charge in [-0.05, 0) is 31.8 Å². The van der Waals surface area contributed by atoms with Crippen LogP contribution >= 0.6 is 0 Å². The van der Waals surface area contributed by atoms with Crippen LogP contribution < -0.4 is 11.1 Å². The van der Waals surface area contributed by atoms with Crippen LogP contribution in [-0.2, 0) is 6.54 Å². The number of hydrogen-bond acceptors (Lipinski definition) is 3. The number of nitrogens with two attached hydrogens (primary N) is 1. The van der Waals surface area contributed by atoms with Crippen molar-refractivity contribution >= 4 is 5.82 Å². The summed E-state index contributed by atoms with van der Waals surface area (Å²) in [5, 5.41) is 3.40. The average Bonchev–Trinajstić information content (AvgIpc) is 2.53. The number of imidazole rings is 1. The molecule has 0 aromatic carbocycles. The fourth-order valence-corrected chi connectivity index (χ4v) is 1.86. The summed E-state index contributed by atoms with van der Waals surface area (Å²) in [6.07, 6.45) is 6.30. The molecule has 0 amide bonds. The van der Waals surface area contributed by atoms with Crippen molar-refractivity contribution in [1.82, 2.24) is 14.9 Å². The Morgan fingerprint density at radius 3 is 3.23 bits per heavy atom. The first kappa shape index (κ1) is 8.56. The first-order chi connectivity index (χ1) is 6.34. The third-order valence-corrected chi connectivity index (χ3v) is 2.52. The van der Waals surface area contributed by atoms with Gasteiger partial charge in [0.2, 0.25) is 0 Å². The van der Waals surface area contributed by atoms with Crippen LogP contribution in [0.2, 0.25) is 0 Å². The maximum absolute atomic E-state index is 5.54. The molecule has 0 aliphatic carbocycles. The van der Waals surface area contributed by atoms with Crippen LogP contribution in [0, 0.1) is 5.92 Å². The zero-order chi connectivity index (χ0) is 9.10. The third-order valence-electron chi connectivity index (χ3n) is 2.52. The fourth-order valence-electron chi connectivity index (χ4n) is 1.86. The molecule has 1 aromatic rings. The average molecular weight is 180 g/mol. The summed E-state index contributed by atoms with van der Waals surface area (Å²) in [5.74, 6) is 1.35. The molecule has 13 heavy (non-hydrogen) atoms. The summed E-state index contributed by atoms with van der Waals surface area (Å²) in [6, 6.07) is 0. The number of aromatic nitrogens is 2. The zero-order valence-corrected chi connectivity index (χ0v) is 7.74. The first-order valence-corrected chi connectivity index (χ1v) is 4.82. The zero-order valence-electron chi connectivity index (χ0n) is 7.74. The van der Waals surface area contributed by atoms with Crippen LogP contribution in [0.1, 0.15) is 12.8 Å². The lowest BCUT2D eigenvalue weighted by molar-refractivity contribution is 0.337. The monoisotopic (exact) mass is 180 g/mol. The van der Waals surface area contributed by atoms with Gasteiger partial charge >= 0.3 is 0 Å². The predicted octanol–water partition coefficient (Wildman–Crippen LogP) is 0.465. The standard InChI is InChI=1S/C9H16N4/c10-9-6-13(7-12-9)5-8-2-1-3-11-4-8/h6-8,11H,1-5,10H2. The van der Waals surface area contributed by atoms with Gasteiger partial charge in [-0.3, -0.25) is 0 Å². The predicted molar refractivity (Wildman–Crippen MR) is 52.2 cm³/mol. The Hall–Kier alpha value is -1.03. The van der Waals surface area contributed by atoms with Crippen LogP contribution in [0.4, 0.5) is 5.82 Å². The SMILES string of the molecule is Nc1cn(CC2CCCNC2)cn1. The number of nitrogen functional groups attached to an aromatic ring is 1. The Morgan fingerprint density at radius 2 is 2.62 bits per heavy atom. The highest BCUT2D eigenvalue weighted by molar-refractivity contribution is 5.22. The maximum Gasteiger partial charge on any atom is 0.141 e. The molecular weight excluding hydrogens is 164 g/mol. The summed E-state index contributed by atoms with van der Waals surface area (Å²) in [7, 11) is 0. The largest absolute Gasteiger partial charge is 0.382 e. The van der Waals surface area contributed by atoms with E-state index in [1.54, 1.807) is 0 Å². The second kappa shape index (κ2) is 3.79. The number of anilines is 1. The van der Waals surface area contributed by atoms with Gasteiger partial charge in [0.1, 0.15) is 5.82 Å². The number of nitrogens with one attached hydrogen (secondary N) is 1. The van der Waals surface area contributed by atoms with Crippen molar-refractivity contribution in [2.24, 2.45) is 5.92 Å². The van der Waals surface area contributed by atoms with Crippen molar-refractivity contribution in [2.45, 2.75) is 19.4 Å². The van der Waals surface area contributed by atoms with Gasteiger partial charge in [0, 0.05) is 12.7 Å². The van der Waals surface area contributed by atoms with Crippen molar-refractivity contribution < 1.29 is 0 Å². The fraction of sp³-hybridized carbons (Fsp3) is 0.667. The Bertz CT molecular complexity index is 262. The minimum atomic E-state index is 0.615. The molecule has 1 atom stereocenters. The van der Waals surface area contributed by atoms with E-state index in [0.717, 1.165) is 19.0 Å². The summed E-state index contributed by atoms with van der Waals surface area (Å²) in [4.78, 5) is 4.00. The summed E-state index contributed by atoms with van der Waals surface area (Å²) < 4.78 is 2.08. The van der Waals surface area contributed by atoms with Gasteiger partial charge in [0.15, 0.2) is 0 Å². The Kier molecular flexibility index (Phi) is 2.49. The molecular formula is C9H16N4. The molecule has 1 fully saturated rings. The van der Waals surface area contributed by atoms with Crippen LogP contribution in [0.3, 0.4) is 0 Å². The van der Waals surface area contributed by atoms with Gasteiger partial charge < -0.3 is 15.6 Å². The quantitative estimate of drug-likeness (QED) is 0.695. The molecule has 1 unspecified atom stereocenters. The lowest BCUT2D eigenvalue weighted by Gasteiger charge is -2.22. The second-order valence-corrected chi connectivity index (χ2v) is 3.71. The maximum atomic E-state index is 5.54. The molecule has 0 radical (unpaired) electrons. The van der Waals surface area contributed by atoms with E-state index in [-0.39, 0.29) is 0 Å². The number of rotatable bonds is 2. The van der Waals surface area contributed by atoms with E-state index in [9.17, 15) is 0 Å². The van der Waals surface area contributed by atoms with E-state index >= 15 is 0 Å². The normalized spacial score (nSPS) is 23.2. The molecule has 4 nitrogen and oxygen atoms in total. The van der Waals surface area contributed by atoms with E-state index in [1.165, 1.54) is 19.4 Å². The molecule has 0 bridgehead atoms.